The van der Waals surface area contributed by atoms with Crippen LogP contribution in [0.25, 0.3) is 11.1 Å². The van der Waals surface area contributed by atoms with Crippen molar-refractivity contribution in [3.63, 3.8) is 0 Å². The van der Waals surface area contributed by atoms with Crippen molar-refractivity contribution < 1.29 is 13.9 Å². The zero-order chi connectivity index (χ0) is 15.7. The Hall–Kier alpha value is -3.02. The van der Waals surface area contributed by atoms with Crippen molar-refractivity contribution in [2.45, 2.75) is 0 Å². The van der Waals surface area contributed by atoms with Crippen LogP contribution in [0.15, 0.2) is 51.9 Å². The molecule has 0 saturated heterocycles. The van der Waals surface area contributed by atoms with Gasteiger partial charge in [0.25, 0.3) is 0 Å². The highest BCUT2D eigenvalue weighted by Gasteiger charge is 2.18. The molecular formula is C16H15N3O3. The number of aryl methyl sites for hydroxylation is 1. The first-order chi connectivity index (χ1) is 10.6. The molecule has 0 atom stereocenters. The van der Waals surface area contributed by atoms with Crippen LogP contribution in [-0.4, -0.2) is 23.5 Å². The third-order valence-electron chi connectivity index (χ3n) is 3.35. The van der Waals surface area contributed by atoms with Gasteiger partial charge in [-0.2, -0.15) is 0 Å². The summed E-state index contributed by atoms with van der Waals surface area (Å²) in [5.74, 6) is 0.323. The number of aliphatic imine (C=N–C) groups is 1. The molecule has 0 aliphatic heterocycles. The zero-order valence-corrected chi connectivity index (χ0v) is 12.2. The summed E-state index contributed by atoms with van der Waals surface area (Å²) in [6.45, 7) is 0. The van der Waals surface area contributed by atoms with Crippen LogP contribution in [0.5, 0.6) is 0 Å². The molecule has 6 nitrogen and oxygen atoms in total. The lowest BCUT2D eigenvalue weighted by Crippen LogP contribution is -2.12. The molecule has 0 aliphatic rings. The summed E-state index contributed by atoms with van der Waals surface area (Å²) >= 11 is 0. The van der Waals surface area contributed by atoms with Gasteiger partial charge < -0.3 is 19.5 Å². The van der Waals surface area contributed by atoms with Crippen LogP contribution in [0.1, 0.15) is 16.2 Å². The van der Waals surface area contributed by atoms with E-state index in [1.807, 2.05) is 30.3 Å². The molecule has 0 saturated carbocycles. The first-order valence-corrected chi connectivity index (χ1v) is 6.67. The Kier molecular flexibility index (Phi) is 3.42. The third-order valence-corrected chi connectivity index (χ3v) is 3.35. The number of para-hydroxylation sites is 1. The van der Waals surface area contributed by atoms with Gasteiger partial charge in [-0.3, -0.25) is 0 Å². The minimum Gasteiger partial charge on any atom is -0.464 e. The van der Waals surface area contributed by atoms with Crippen LogP contribution in [0.4, 0.5) is 5.69 Å². The average Bonchev–Trinajstić information content (AvgIpc) is 3.07. The van der Waals surface area contributed by atoms with Gasteiger partial charge in [-0.1, -0.05) is 18.2 Å². The molecule has 0 fully saturated rings. The minimum absolute atomic E-state index is 0.280. The molecule has 2 aromatic heterocycles. The van der Waals surface area contributed by atoms with Gasteiger partial charge in [-0.15, -0.1) is 0 Å². The van der Waals surface area contributed by atoms with E-state index >= 15 is 0 Å². The monoisotopic (exact) mass is 297 g/mol. The van der Waals surface area contributed by atoms with Crippen molar-refractivity contribution in [3.05, 3.63) is 53.9 Å². The normalized spacial score (nSPS) is 11.8. The van der Waals surface area contributed by atoms with Crippen LogP contribution >= 0.6 is 0 Å². The maximum absolute atomic E-state index is 11.6. The SMILES string of the molecule is COC(=O)c1cc2cc(C(N)=Nc3ccccc3)oc2n1C. The van der Waals surface area contributed by atoms with Crippen molar-refractivity contribution >= 4 is 28.6 Å². The van der Waals surface area contributed by atoms with Gasteiger partial charge in [0.15, 0.2) is 11.6 Å². The number of ether oxygens (including phenoxy) is 1. The van der Waals surface area contributed by atoms with Gasteiger partial charge in [0.2, 0.25) is 5.71 Å². The number of hydrogen-bond donors (Lipinski definition) is 1. The summed E-state index contributed by atoms with van der Waals surface area (Å²) in [7, 11) is 3.07. The quantitative estimate of drug-likeness (QED) is 0.457. The number of furan rings is 1. The van der Waals surface area contributed by atoms with Crippen LogP contribution in [0, 0.1) is 0 Å². The minimum atomic E-state index is -0.415. The Bertz CT molecular complexity index is 860. The highest BCUT2D eigenvalue weighted by molar-refractivity contribution is 6.01. The molecular weight excluding hydrogens is 282 g/mol. The molecule has 0 aliphatic carbocycles. The second kappa shape index (κ2) is 5.40. The van der Waals surface area contributed by atoms with Crippen molar-refractivity contribution in [1.82, 2.24) is 4.57 Å². The van der Waals surface area contributed by atoms with E-state index in [0.29, 0.717) is 17.2 Å². The lowest BCUT2D eigenvalue weighted by molar-refractivity contribution is 0.0590. The lowest BCUT2D eigenvalue weighted by Gasteiger charge is -2.01. The van der Waals surface area contributed by atoms with E-state index in [-0.39, 0.29) is 5.84 Å². The number of rotatable bonds is 3. The average molecular weight is 297 g/mol. The molecule has 6 heteroatoms. The fraction of sp³-hybridized carbons (Fsp3) is 0.125. The molecule has 22 heavy (non-hydrogen) atoms. The summed E-state index contributed by atoms with van der Waals surface area (Å²) in [5, 5.41) is 0.768. The predicted molar refractivity (Wildman–Crippen MR) is 83.4 cm³/mol. The van der Waals surface area contributed by atoms with Crippen molar-refractivity contribution in [2.24, 2.45) is 17.8 Å². The fourth-order valence-corrected chi connectivity index (χ4v) is 2.24. The Morgan fingerprint density at radius 3 is 2.64 bits per heavy atom. The maximum Gasteiger partial charge on any atom is 0.354 e. The number of hydrogen-bond acceptors (Lipinski definition) is 4. The summed E-state index contributed by atoms with van der Waals surface area (Å²) in [6.07, 6.45) is 0. The number of carbonyl (C=O) groups is 1. The predicted octanol–water partition coefficient (Wildman–Crippen LogP) is 2.59. The molecule has 2 heterocycles. The van der Waals surface area contributed by atoms with Gasteiger partial charge in [0, 0.05) is 12.4 Å². The van der Waals surface area contributed by atoms with E-state index in [1.165, 1.54) is 7.11 Å². The smallest absolute Gasteiger partial charge is 0.354 e. The van der Waals surface area contributed by atoms with Gasteiger partial charge in [-0.25, -0.2) is 9.79 Å². The molecule has 0 bridgehead atoms. The molecule has 3 aromatic rings. The Morgan fingerprint density at radius 1 is 1.27 bits per heavy atom. The molecule has 0 unspecified atom stereocenters. The molecule has 3 rings (SSSR count). The number of methoxy groups -OCH3 is 1. The van der Waals surface area contributed by atoms with Crippen molar-refractivity contribution in [2.75, 3.05) is 7.11 Å². The number of nitrogens with two attached hydrogens (primary N) is 1. The molecule has 0 amide bonds. The summed E-state index contributed by atoms with van der Waals surface area (Å²) < 4.78 is 12.1. The molecule has 2 N–H and O–H groups in total. The van der Waals surface area contributed by atoms with E-state index in [9.17, 15) is 4.79 Å². The highest BCUT2D eigenvalue weighted by Crippen LogP contribution is 2.24. The van der Waals surface area contributed by atoms with E-state index < -0.39 is 5.97 Å². The Morgan fingerprint density at radius 2 is 2.00 bits per heavy atom. The number of carbonyl (C=O) groups excluding carboxylic acids is 1. The molecule has 0 radical (unpaired) electrons. The van der Waals surface area contributed by atoms with E-state index in [4.69, 9.17) is 14.9 Å². The zero-order valence-electron chi connectivity index (χ0n) is 12.2. The summed E-state index contributed by atoms with van der Waals surface area (Å²) in [4.78, 5) is 15.9. The molecule has 1 aromatic carbocycles. The number of fused-ring (bicyclic) bond motifs is 1. The highest BCUT2D eigenvalue weighted by atomic mass is 16.5. The van der Waals surface area contributed by atoms with Crippen LogP contribution < -0.4 is 5.73 Å². The Labute approximate surface area is 126 Å². The first kappa shape index (κ1) is 13.9. The summed E-state index contributed by atoms with van der Waals surface area (Å²) in [6, 6.07) is 12.8. The van der Waals surface area contributed by atoms with Gasteiger partial charge in [0.1, 0.15) is 5.69 Å². The lowest BCUT2D eigenvalue weighted by atomic mass is 10.3. The van der Waals surface area contributed by atoms with E-state index in [2.05, 4.69) is 4.99 Å². The van der Waals surface area contributed by atoms with E-state index in [1.54, 1.807) is 23.7 Å². The fourth-order valence-electron chi connectivity index (χ4n) is 2.24. The van der Waals surface area contributed by atoms with Crippen molar-refractivity contribution in [1.29, 1.82) is 0 Å². The molecule has 0 spiro atoms. The first-order valence-electron chi connectivity index (χ1n) is 6.67. The number of benzene rings is 1. The second-order valence-electron chi connectivity index (χ2n) is 4.78. The second-order valence-corrected chi connectivity index (χ2v) is 4.78. The van der Waals surface area contributed by atoms with Gasteiger partial charge in [-0.05, 0) is 24.3 Å². The Balaban J connectivity index is 1.99. The van der Waals surface area contributed by atoms with E-state index in [0.717, 1.165) is 11.1 Å². The van der Waals surface area contributed by atoms with Gasteiger partial charge in [0.05, 0.1) is 12.8 Å². The van der Waals surface area contributed by atoms with Crippen LogP contribution in [-0.2, 0) is 11.8 Å². The third kappa shape index (κ3) is 2.35. The number of esters is 1. The number of aromatic nitrogens is 1. The maximum atomic E-state index is 11.6. The van der Waals surface area contributed by atoms with Crippen LogP contribution in [0.2, 0.25) is 0 Å². The number of nitrogens with zero attached hydrogens (tertiary/aromatic N) is 2. The van der Waals surface area contributed by atoms with Crippen molar-refractivity contribution in [3.8, 4) is 0 Å². The topological polar surface area (TPSA) is 82.8 Å². The van der Waals surface area contributed by atoms with Crippen LogP contribution in [0.3, 0.4) is 0 Å². The number of amidine groups is 1. The summed E-state index contributed by atoms with van der Waals surface area (Å²) in [5.41, 5.74) is 7.69. The largest absolute Gasteiger partial charge is 0.464 e. The molecule has 112 valence electrons. The standard InChI is InChI=1S/C16H15N3O3/c1-19-12(16(20)21-2)8-10-9-13(22-15(10)19)14(17)18-11-6-4-3-5-7-11/h3-9H,1-2H3,(H2,17,18). The van der Waals surface area contributed by atoms with Gasteiger partial charge >= 0.3 is 5.97 Å².